The van der Waals surface area contributed by atoms with Crippen LogP contribution in [-0.2, 0) is 11.3 Å². The average molecular weight is 335 g/mol. The molecule has 1 amide bonds. The number of halogens is 1. The molecule has 1 N–H and O–H groups in total. The van der Waals surface area contributed by atoms with Crippen LogP contribution in [0.4, 0.5) is 4.39 Å². The Labute approximate surface area is 145 Å². The molecule has 0 fully saturated rings. The van der Waals surface area contributed by atoms with E-state index in [1.165, 1.54) is 17.1 Å². The van der Waals surface area contributed by atoms with Crippen LogP contribution in [0.2, 0.25) is 0 Å². The maximum atomic E-state index is 13.7. The predicted octanol–water partition coefficient (Wildman–Crippen LogP) is 4.20. The van der Waals surface area contributed by atoms with Crippen LogP contribution >= 0.6 is 0 Å². The Morgan fingerprint density at radius 1 is 1.24 bits per heavy atom. The van der Waals surface area contributed by atoms with E-state index < -0.39 is 0 Å². The molecular formula is C20H18FN3O. The van der Waals surface area contributed by atoms with E-state index in [0.717, 1.165) is 27.7 Å². The van der Waals surface area contributed by atoms with Gasteiger partial charge in [0.1, 0.15) is 5.82 Å². The first-order valence-corrected chi connectivity index (χ1v) is 8.28. The zero-order valence-electron chi connectivity index (χ0n) is 13.9. The number of aromatic amines is 1. The van der Waals surface area contributed by atoms with Crippen molar-refractivity contribution in [1.82, 2.24) is 9.99 Å². The summed E-state index contributed by atoms with van der Waals surface area (Å²) in [7, 11) is 0. The fourth-order valence-corrected chi connectivity index (χ4v) is 3.37. The normalized spacial score (nSPS) is 17.8. The molecule has 0 radical (unpaired) electrons. The molecule has 0 saturated heterocycles. The minimum Gasteiger partial charge on any atom is -0.361 e. The van der Waals surface area contributed by atoms with Gasteiger partial charge in [0.2, 0.25) is 0 Å². The number of hydrogen-bond donors (Lipinski definition) is 1. The van der Waals surface area contributed by atoms with Crippen molar-refractivity contribution in [2.24, 2.45) is 5.10 Å². The summed E-state index contributed by atoms with van der Waals surface area (Å²) >= 11 is 0. The van der Waals surface area contributed by atoms with Gasteiger partial charge in [-0.15, -0.1) is 0 Å². The molecule has 0 bridgehead atoms. The lowest BCUT2D eigenvalue weighted by Crippen LogP contribution is -2.36. The van der Waals surface area contributed by atoms with Crippen LogP contribution < -0.4 is 0 Å². The third-order valence-corrected chi connectivity index (χ3v) is 4.57. The first kappa shape index (κ1) is 15.6. The number of rotatable bonds is 3. The van der Waals surface area contributed by atoms with Gasteiger partial charge < -0.3 is 4.98 Å². The van der Waals surface area contributed by atoms with Crippen LogP contribution in [0.1, 0.15) is 30.4 Å². The summed E-state index contributed by atoms with van der Waals surface area (Å²) in [5.74, 6) is -0.709. The predicted molar refractivity (Wildman–Crippen MR) is 95.7 cm³/mol. The minimum atomic E-state index is -0.350. The van der Waals surface area contributed by atoms with Crippen molar-refractivity contribution in [2.75, 3.05) is 0 Å². The highest BCUT2D eigenvalue weighted by molar-refractivity contribution is 5.99. The Morgan fingerprint density at radius 3 is 2.84 bits per heavy atom. The van der Waals surface area contributed by atoms with Crippen LogP contribution in [0.3, 0.4) is 0 Å². The van der Waals surface area contributed by atoms with Crippen molar-refractivity contribution in [2.45, 2.75) is 25.8 Å². The number of nitrogens with zero attached hydrogens (tertiary/aromatic N) is 2. The Balaban J connectivity index is 1.69. The molecule has 1 aromatic heterocycles. The van der Waals surface area contributed by atoms with Crippen LogP contribution in [0, 0.1) is 5.82 Å². The van der Waals surface area contributed by atoms with E-state index in [4.69, 9.17) is 0 Å². The van der Waals surface area contributed by atoms with Crippen LogP contribution in [0.15, 0.2) is 59.8 Å². The molecular weight excluding hydrogens is 317 g/mol. The van der Waals surface area contributed by atoms with E-state index in [1.54, 1.807) is 6.07 Å². The summed E-state index contributed by atoms with van der Waals surface area (Å²) in [6, 6.07) is 14.4. The van der Waals surface area contributed by atoms with Gasteiger partial charge in [0.15, 0.2) is 0 Å². The number of hydrazone groups is 1. The number of hydrogen-bond acceptors (Lipinski definition) is 2. The second-order valence-corrected chi connectivity index (χ2v) is 6.41. The number of aromatic nitrogens is 1. The molecule has 126 valence electrons. The highest BCUT2D eigenvalue weighted by Crippen LogP contribution is 2.33. The van der Waals surface area contributed by atoms with Crippen molar-refractivity contribution in [3.05, 3.63) is 71.7 Å². The summed E-state index contributed by atoms with van der Waals surface area (Å²) in [4.78, 5) is 16.1. The van der Waals surface area contributed by atoms with Crippen molar-refractivity contribution >= 4 is 22.5 Å². The summed E-state index contributed by atoms with van der Waals surface area (Å²) in [6.45, 7) is 2.36. The number of carbonyl (C=O) groups excluding carboxylic acids is 1. The van der Waals surface area contributed by atoms with Crippen LogP contribution in [0.5, 0.6) is 0 Å². The molecule has 0 aliphatic carbocycles. The first-order chi connectivity index (χ1) is 12.1. The van der Waals surface area contributed by atoms with Gasteiger partial charge in [-0.2, -0.15) is 5.10 Å². The van der Waals surface area contributed by atoms with Gasteiger partial charge in [0.05, 0.1) is 12.5 Å². The molecule has 4 rings (SSSR count). The largest absolute Gasteiger partial charge is 0.361 e. The lowest BCUT2D eigenvalue weighted by Gasteiger charge is -2.28. The fraction of sp³-hybridized carbons (Fsp3) is 0.200. The van der Waals surface area contributed by atoms with Gasteiger partial charge >= 0.3 is 0 Å². The highest BCUT2D eigenvalue weighted by Gasteiger charge is 2.32. The molecule has 2 aromatic carbocycles. The number of amides is 1. The van der Waals surface area contributed by atoms with Crippen molar-refractivity contribution in [3.8, 4) is 0 Å². The molecule has 1 aliphatic rings. The molecule has 5 heteroatoms. The molecule has 4 nitrogen and oxygen atoms in total. The van der Waals surface area contributed by atoms with E-state index >= 15 is 0 Å². The third-order valence-electron chi connectivity index (χ3n) is 4.57. The van der Waals surface area contributed by atoms with Crippen molar-refractivity contribution < 1.29 is 9.18 Å². The number of nitrogens with one attached hydrogen (secondary N) is 1. The van der Waals surface area contributed by atoms with Gasteiger partial charge in [-0.05, 0) is 36.2 Å². The zero-order valence-corrected chi connectivity index (χ0v) is 13.9. The van der Waals surface area contributed by atoms with E-state index in [1.807, 2.05) is 43.5 Å². The molecule has 2 heterocycles. The van der Waals surface area contributed by atoms with Gasteiger partial charge in [-0.3, -0.25) is 4.79 Å². The van der Waals surface area contributed by atoms with E-state index in [9.17, 15) is 9.18 Å². The first-order valence-electron chi connectivity index (χ1n) is 8.28. The molecule has 0 saturated carbocycles. The summed E-state index contributed by atoms with van der Waals surface area (Å²) in [5.41, 5.74) is 3.58. The zero-order chi connectivity index (χ0) is 17.4. The average Bonchev–Trinajstić information content (AvgIpc) is 3.01. The Hall–Kier alpha value is -2.95. The maximum absolute atomic E-state index is 13.7. The third kappa shape index (κ3) is 2.93. The Morgan fingerprint density at radius 2 is 2.04 bits per heavy atom. The monoisotopic (exact) mass is 335 g/mol. The van der Waals surface area contributed by atoms with E-state index in [2.05, 4.69) is 10.1 Å². The summed E-state index contributed by atoms with van der Waals surface area (Å²) < 4.78 is 13.7. The van der Waals surface area contributed by atoms with E-state index in [0.29, 0.717) is 13.0 Å². The summed E-state index contributed by atoms with van der Waals surface area (Å²) in [6.07, 6.45) is 2.36. The molecule has 3 aromatic rings. The van der Waals surface area contributed by atoms with Gasteiger partial charge in [0.25, 0.3) is 5.91 Å². The van der Waals surface area contributed by atoms with Gasteiger partial charge in [-0.25, -0.2) is 9.40 Å². The Kier molecular flexibility index (Phi) is 3.84. The minimum absolute atomic E-state index is 0.0559. The number of H-pyrrole nitrogens is 1. The fourth-order valence-electron chi connectivity index (χ4n) is 3.37. The Bertz CT molecular complexity index is 961. The summed E-state index contributed by atoms with van der Waals surface area (Å²) in [5, 5.41) is 6.71. The van der Waals surface area contributed by atoms with Crippen molar-refractivity contribution in [1.29, 1.82) is 0 Å². The van der Waals surface area contributed by atoms with Gasteiger partial charge in [0, 0.05) is 29.2 Å². The molecule has 1 atom stereocenters. The number of carbonyl (C=O) groups is 1. The van der Waals surface area contributed by atoms with Crippen molar-refractivity contribution in [3.63, 3.8) is 0 Å². The second kappa shape index (κ2) is 6.16. The molecule has 1 unspecified atom stereocenters. The van der Waals surface area contributed by atoms with Crippen LogP contribution in [-0.4, -0.2) is 21.6 Å². The highest BCUT2D eigenvalue weighted by atomic mass is 19.1. The maximum Gasteiger partial charge on any atom is 0.250 e. The topological polar surface area (TPSA) is 48.5 Å². The second-order valence-electron chi connectivity index (χ2n) is 6.41. The SMILES string of the molecule is CC1=NN(Cc2ccccc2)C(=O)C(c2c[nH]c3ccc(F)cc23)C1. The standard InChI is InChI=1S/C20H18FN3O/c1-13-9-17(18-11-22-19-8-7-15(21)10-16(18)19)20(25)24(23-13)12-14-5-3-2-4-6-14/h2-8,10-11,17,22H,9,12H2,1H3. The van der Waals surface area contributed by atoms with E-state index in [-0.39, 0.29) is 17.6 Å². The lowest BCUT2D eigenvalue weighted by atomic mass is 9.91. The van der Waals surface area contributed by atoms with Gasteiger partial charge in [-0.1, -0.05) is 30.3 Å². The lowest BCUT2D eigenvalue weighted by molar-refractivity contribution is -0.134. The quantitative estimate of drug-likeness (QED) is 0.766. The van der Waals surface area contributed by atoms with Crippen LogP contribution in [0.25, 0.3) is 10.9 Å². The molecule has 1 aliphatic heterocycles. The number of benzene rings is 2. The smallest absolute Gasteiger partial charge is 0.250 e. The molecule has 0 spiro atoms. The number of fused-ring (bicyclic) bond motifs is 1. The molecule has 25 heavy (non-hydrogen) atoms.